The summed E-state index contributed by atoms with van der Waals surface area (Å²) in [6.07, 6.45) is 0.750. The highest BCUT2D eigenvalue weighted by molar-refractivity contribution is 5.04. The maximum absolute atomic E-state index is 11.6. The Bertz CT molecular complexity index is 186. The Morgan fingerprint density at radius 1 is 1.55 bits per heavy atom. The minimum atomic E-state index is -2.29. The van der Waals surface area contributed by atoms with Crippen LogP contribution in [-0.4, -0.2) is 13.0 Å². The number of alkyl halides is 2. The van der Waals surface area contributed by atoms with Crippen LogP contribution >= 0.6 is 0 Å². The molecule has 0 aromatic carbocycles. The van der Waals surface area contributed by atoms with Gasteiger partial charge in [0.1, 0.15) is 0 Å². The standard InChI is InChI=1S/C7H9F2NO/c8-7(9)4-10-3-6-1-2-11-5-6/h1-2,5,7,10H,3-4H2. The van der Waals surface area contributed by atoms with Crippen LogP contribution in [0.5, 0.6) is 0 Å². The molecule has 1 N–H and O–H groups in total. The van der Waals surface area contributed by atoms with Crippen molar-refractivity contribution >= 4 is 0 Å². The summed E-state index contributed by atoms with van der Waals surface area (Å²) < 4.78 is 27.9. The van der Waals surface area contributed by atoms with E-state index in [-0.39, 0.29) is 6.54 Å². The SMILES string of the molecule is FC(F)CNCc1ccoc1. The summed E-state index contributed by atoms with van der Waals surface area (Å²) >= 11 is 0. The predicted octanol–water partition coefficient (Wildman–Crippen LogP) is 1.63. The van der Waals surface area contributed by atoms with Gasteiger partial charge in [0.2, 0.25) is 0 Å². The van der Waals surface area contributed by atoms with Crippen molar-refractivity contribution in [3.63, 3.8) is 0 Å². The zero-order valence-corrected chi connectivity index (χ0v) is 5.89. The van der Waals surface area contributed by atoms with Crippen LogP contribution in [0, 0.1) is 0 Å². The average Bonchev–Trinajstić information content (AvgIpc) is 2.39. The summed E-state index contributed by atoms with van der Waals surface area (Å²) in [6.45, 7) is 0.159. The first-order valence-electron chi connectivity index (χ1n) is 3.29. The van der Waals surface area contributed by atoms with Gasteiger partial charge in [0.05, 0.1) is 19.1 Å². The Hall–Kier alpha value is -0.900. The van der Waals surface area contributed by atoms with Gasteiger partial charge in [-0.2, -0.15) is 0 Å². The summed E-state index contributed by atoms with van der Waals surface area (Å²) in [4.78, 5) is 0. The molecule has 0 saturated heterocycles. The van der Waals surface area contributed by atoms with E-state index in [0.29, 0.717) is 6.54 Å². The molecule has 1 heterocycles. The molecule has 1 aromatic heterocycles. The normalized spacial score (nSPS) is 10.8. The van der Waals surface area contributed by atoms with Crippen LogP contribution in [0.2, 0.25) is 0 Å². The van der Waals surface area contributed by atoms with Crippen LogP contribution in [0.25, 0.3) is 0 Å². The van der Waals surface area contributed by atoms with Gasteiger partial charge in [-0.05, 0) is 6.07 Å². The monoisotopic (exact) mass is 161 g/mol. The number of halogens is 2. The Morgan fingerprint density at radius 2 is 2.36 bits per heavy atom. The molecule has 1 rings (SSSR count). The molecule has 62 valence electrons. The molecule has 0 unspecified atom stereocenters. The molecule has 0 aliphatic heterocycles. The van der Waals surface area contributed by atoms with E-state index in [2.05, 4.69) is 5.32 Å². The average molecular weight is 161 g/mol. The van der Waals surface area contributed by atoms with Gasteiger partial charge in [0.15, 0.2) is 0 Å². The van der Waals surface area contributed by atoms with E-state index >= 15 is 0 Å². The van der Waals surface area contributed by atoms with E-state index in [1.807, 2.05) is 0 Å². The highest BCUT2D eigenvalue weighted by atomic mass is 19.3. The van der Waals surface area contributed by atoms with E-state index in [0.717, 1.165) is 5.56 Å². The second-order valence-electron chi connectivity index (χ2n) is 2.15. The van der Waals surface area contributed by atoms with E-state index in [4.69, 9.17) is 4.42 Å². The molecule has 0 radical (unpaired) electrons. The van der Waals surface area contributed by atoms with Gasteiger partial charge in [-0.25, -0.2) is 8.78 Å². The van der Waals surface area contributed by atoms with Gasteiger partial charge in [0.25, 0.3) is 6.43 Å². The molecule has 0 saturated carbocycles. The quantitative estimate of drug-likeness (QED) is 0.726. The summed E-state index contributed by atoms with van der Waals surface area (Å²) in [7, 11) is 0. The molecule has 0 aliphatic carbocycles. The first kappa shape index (κ1) is 8.20. The molecule has 11 heavy (non-hydrogen) atoms. The van der Waals surface area contributed by atoms with Gasteiger partial charge < -0.3 is 9.73 Å². The van der Waals surface area contributed by atoms with Crippen LogP contribution in [0.15, 0.2) is 23.0 Å². The number of hydrogen-bond donors (Lipinski definition) is 1. The van der Waals surface area contributed by atoms with Crippen LogP contribution < -0.4 is 5.32 Å². The molecular formula is C7H9F2NO. The zero-order chi connectivity index (χ0) is 8.10. The fourth-order valence-electron chi connectivity index (χ4n) is 0.719. The third kappa shape index (κ3) is 3.13. The largest absolute Gasteiger partial charge is 0.472 e. The van der Waals surface area contributed by atoms with E-state index in [1.165, 1.54) is 12.5 Å². The topological polar surface area (TPSA) is 25.2 Å². The molecule has 0 aliphatic rings. The van der Waals surface area contributed by atoms with Crippen molar-refractivity contribution in [1.29, 1.82) is 0 Å². The van der Waals surface area contributed by atoms with Crippen LogP contribution in [-0.2, 0) is 6.54 Å². The minimum absolute atomic E-state index is 0.273. The molecule has 4 heteroatoms. The molecule has 2 nitrogen and oxygen atoms in total. The number of nitrogens with one attached hydrogen (secondary N) is 1. The minimum Gasteiger partial charge on any atom is -0.472 e. The number of rotatable bonds is 4. The van der Waals surface area contributed by atoms with E-state index in [1.54, 1.807) is 6.07 Å². The van der Waals surface area contributed by atoms with Crippen molar-refractivity contribution < 1.29 is 13.2 Å². The first-order valence-corrected chi connectivity index (χ1v) is 3.29. The Balaban J connectivity index is 2.14. The summed E-state index contributed by atoms with van der Waals surface area (Å²) in [5.41, 5.74) is 0.880. The second-order valence-corrected chi connectivity index (χ2v) is 2.15. The predicted molar refractivity (Wildman–Crippen MR) is 36.4 cm³/mol. The third-order valence-corrected chi connectivity index (χ3v) is 1.21. The van der Waals surface area contributed by atoms with E-state index in [9.17, 15) is 8.78 Å². The Kier molecular flexibility index (Phi) is 3.04. The maximum atomic E-state index is 11.6. The van der Waals surface area contributed by atoms with Crippen LogP contribution in [0.3, 0.4) is 0 Å². The van der Waals surface area contributed by atoms with Crippen molar-refractivity contribution in [2.75, 3.05) is 6.54 Å². The van der Waals surface area contributed by atoms with Gasteiger partial charge >= 0.3 is 0 Å². The molecular weight excluding hydrogens is 152 g/mol. The Morgan fingerprint density at radius 3 is 2.91 bits per heavy atom. The highest BCUT2D eigenvalue weighted by Crippen LogP contribution is 1.98. The smallest absolute Gasteiger partial charge is 0.250 e. The highest BCUT2D eigenvalue weighted by Gasteiger charge is 2.00. The molecule has 0 amide bonds. The summed E-state index contributed by atoms with van der Waals surface area (Å²) in [5, 5.41) is 2.58. The lowest BCUT2D eigenvalue weighted by atomic mass is 10.3. The summed E-state index contributed by atoms with van der Waals surface area (Å²) in [6, 6.07) is 1.73. The molecule has 0 spiro atoms. The summed E-state index contributed by atoms with van der Waals surface area (Å²) in [5.74, 6) is 0. The fraction of sp³-hybridized carbons (Fsp3) is 0.429. The maximum Gasteiger partial charge on any atom is 0.250 e. The van der Waals surface area contributed by atoms with Crippen molar-refractivity contribution in [2.45, 2.75) is 13.0 Å². The van der Waals surface area contributed by atoms with E-state index < -0.39 is 6.43 Å². The van der Waals surface area contributed by atoms with Gasteiger partial charge in [0, 0.05) is 12.1 Å². The second kappa shape index (κ2) is 4.08. The fourth-order valence-corrected chi connectivity index (χ4v) is 0.719. The van der Waals surface area contributed by atoms with Crippen molar-refractivity contribution in [3.05, 3.63) is 24.2 Å². The van der Waals surface area contributed by atoms with Gasteiger partial charge in [-0.15, -0.1) is 0 Å². The molecule has 1 aromatic rings. The lowest BCUT2D eigenvalue weighted by Gasteiger charge is -1.99. The molecule has 0 fully saturated rings. The number of furan rings is 1. The van der Waals surface area contributed by atoms with Crippen molar-refractivity contribution in [3.8, 4) is 0 Å². The van der Waals surface area contributed by atoms with Gasteiger partial charge in [-0.3, -0.25) is 0 Å². The van der Waals surface area contributed by atoms with Crippen molar-refractivity contribution in [1.82, 2.24) is 5.32 Å². The third-order valence-electron chi connectivity index (χ3n) is 1.21. The first-order chi connectivity index (χ1) is 5.29. The van der Waals surface area contributed by atoms with Crippen LogP contribution in [0.4, 0.5) is 8.78 Å². The lowest BCUT2D eigenvalue weighted by molar-refractivity contribution is 0.145. The zero-order valence-electron chi connectivity index (χ0n) is 5.89. The lowest BCUT2D eigenvalue weighted by Crippen LogP contribution is -2.20. The van der Waals surface area contributed by atoms with Crippen molar-refractivity contribution in [2.24, 2.45) is 0 Å². The molecule has 0 atom stereocenters. The van der Waals surface area contributed by atoms with Crippen LogP contribution in [0.1, 0.15) is 5.56 Å². The Labute approximate surface area is 63.2 Å². The number of hydrogen-bond acceptors (Lipinski definition) is 2. The van der Waals surface area contributed by atoms with Gasteiger partial charge in [-0.1, -0.05) is 0 Å². The molecule has 0 bridgehead atoms.